The van der Waals surface area contributed by atoms with Gasteiger partial charge in [0.2, 0.25) is 0 Å². The van der Waals surface area contributed by atoms with Gasteiger partial charge < -0.3 is 15.0 Å². The summed E-state index contributed by atoms with van der Waals surface area (Å²) in [6.07, 6.45) is 2.30. The third kappa shape index (κ3) is 3.59. The van der Waals surface area contributed by atoms with Gasteiger partial charge in [-0.3, -0.25) is 4.79 Å². The molecule has 1 unspecified atom stereocenters. The molecule has 0 aromatic heterocycles. The van der Waals surface area contributed by atoms with Crippen molar-refractivity contribution in [2.45, 2.75) is 31.9 Å². The molecule has 0 amide bonds. The Balaban J connectivity index is 1.66. The predicted molar refractivity (Wildman–Crippen MR) is 127 cm³/mol. The van der Waals surface area contributed by atoms with E-state index in [-0.39, 0.29) is 11.8 Å². The molecule has 0 fully saturated rings. The Kier molecular flexibility index (Phi) is 5.20. The number of carbonyl (C=O) groups excluding carboxylic acids is 1. The Morgan fingerprint density at radius 3 is 2.65 bits per heavy atom. The van der Waals surface area contributed by atoms with Crippen molar-refractivity contribution in [2.24, 2.45) is 0 Å². The maximum absolute atomic E-state index is 13.1. The zero-order valence-corrected chi connectivity index (χ0v) is 18.2. The van der Waals surface area contributed by atoms with Gasteiger partial charge in [0.15, 0.2) is 10.9 Å². The van der Waals surface area contributed by atoms with Gasteiger partial charge in [-0.25, -0.2) is 0 Å². The lowest BCUT2D eigenvalue weighted by Gasteiger charge is -2.39. The number of nitrogens with zero attached hydrogens (tertiary/aromatic N) is 1. The van der Waals surface area contributed by atoms with Crippen LogP contribution in [-0.2, 0) is 11.4 Å². The molecule has 5 rings (SSSR count). The first-order chi connectivity index (χ1) is 15.1. The number of allylic oxidation sites excluding steroid dienone is 1. The summed E-state index contributed by atoms with van der Waals surface area (Å²) in [5, 5.41) is 6.27. The van der Waals surface area contributed by atoms with Crippen LogP contribution in [0.15, 0.2) is 78.0 Å². The lowest BCUT2D eigenvalue weighted by Crippen LogP contribution is -2.47. The number of Topliss-reactive ketones (excluding diaryl/α,β-unsaturated/α-hetero) is 1. The molecule has 3 aromatic rings. The highest BCUT2D eigenvalue weighted by Gasteiger charge is 2.37. The molecule has 0 saturated heterocycles. The minimum absolute atomic E-state index is 0.190. The van der Waals surface area contributed by atoms with E-state index >= 15 is 0 Å². The SMILES string of the molecule is CN1C(=S)NC(c2c(OCc3ccccc3)ccc3ccccc23)C2=C1CCCC2=O. The van der Waals surface area contributed by atoms with Crippen molar-refractivity contribution in [2.75, 3.05) is 7.05 Å². The molecule has 1 atom stereocenters. The molecule has 156 valence electrons. The average Bonchev–Trinajstić information content (AvgIpc) is 2.80. The Bertz CT molecular complexity index is 1200. The van der Waals surface area contributed by atoms with Gasteiger partial charge in [-0.2, -0.15) is 0 Å². The van der Waals surface area contributed by atoms with Crippen LogP contribution in [0.1, 0.15) is 36.4 Å². The van der Waals surface area contributed by atoms with Crippen LogP contribution in [0.25, 0.3) is 10.8 Å². The molecule has 5 heteroatoms. The number of ether oxygens (including phenoxy) is 1. The smallest absolute Gasteiger partial charge is 0.173 e. The van der Waals surface area contributed by atoms with Crippen LogP contribution in [0.3, 0.4) is 0 Å². The van der Waals surface area contributed by atoms with Crippen LogP contribution < -0.4 is 10.1 Å². The highest BCUT2D eigenvalue weighted by atomic mass is 32.1. The standard InChI is InChI=1S/C26H24N2O2S/c1-28-20-12-7-13-21(29)24(20)25(27-26(28)31)23-19-11-6-5-10-18(19)14-15-22(23)30-16-17-8-3-2-4-9-17/h2-6,8-11,14-15,25H,7,12-13,16H2,1H3,(H,27,31). The van der Waals surface area contributed by atoms with E-state index in [0.717, 1.165) is 51.8 Å². The molecule has 1 aliphatic carbocycles. The van der Waals surface area contributed by atoms with Gasteiger partial charge in [0, 0.05) is 30.3 Å². The van der Waals surface area contributed by atoms with Crippen LogP contribution in [-0.4, -0.2) is 22.8 Å². The van der Waals surface area contributed by atoms with Crippen LogP contribution in [0.4, 0.5) is 0 Å². The summed E-state index contributed by atoms with van der Waals surface area (Å²) in [6, 6.07) is 22.1. The number of nitrogens with one attached hydrogen (secondary N) is 1. The van der Waals surface area contributed by atoms with Crippen LogP contribution in [0.2, 0.25) is 0 Å². The second-order valence-corrected chi connectivity index (χ2v) is 8.44. The molecule has 31 heavy (non-hydrogen) atoms. The zero-order valence-electron chi connectivity index (χ0n) is 17.4. The van der Waals surface area contributed by atoms with E-state index in [0.29, 0.717) is 18.1 Å². The fourth-order valence-corrected chi connectivity index (χ4v) is 4.82. The summed E-state index contributed by atoms with van der Waals surface area (Å²) in [4.78, 5) is 15.0. The molecule has 0 radical (unpaired) electrons. The Morgan fingerprint density at radius 2 is 1.81 bits per heavy atom. The van der Waals surface area contributed by atoms with E-state index in [1.165, 1.54) is 0 Å². The topological polar surface area (TPSA) is 41.6 Å². The van der Waals surface area contributed by atoms with E-state index in [2.05, 4.69) is 35.6 Å². The summed E-state index contributed by atoms with van der Waals surface area (Å²) >= 11 is 5.65. The van der Waals surface area contributed by atoms with Crippen molar-refractivity contribution in [3.63, 3.8) is 0 Å². The minimum Gasteiger partial charge on any atom is -0.489 e. The molecule has 0 bridgehead atoms. The normalized spacial score (nSPS) is 18.7. The quantitative estimate of drug-likeness (QED) is 0.572. The Labute approximate surface area is 187 Å². The fraction of sp³-hybridized carbons (Fsp3) is 0.231. The Morgan fingerprint density at radius 1 is 1.03 bits per heavy atom. The van der Waals surface area contributed by atoms with Gasteiger partial charge in [-0.1, -0.05) is 60.7 Å². The number of rotatable bonds is 4. The maximum Gasteiger partial charge on any atom is 0.173 e. The molecule has 0 spiro atoms. The van der Waals surface area contributed by atoms with Gasteiger partial charge in [-0.05, 0) is 47.5 Å². The number of fused-ring (bicyclic) bond motifs is 1. The van der Waals surface area contributed by atoms with Crippen molar-refractivity contribution in [3.8, 4) is 5.75 Å². The Hall–Kier alpha value is -3.18. The monoisotopic (exact) mass is 428 g/mol. The van der Waals surface area contributed by atoms with E-state index in [1.807, 2.05) is 48.3 Å². The molecule has 1 N–H and O–H groups in total. The highest BCUT2D eigenvalue weighted by Crippen LogP contribution is 2.42. The zero-order chi connectivity index (χ0) is 21.4. The first-order valence-electron chi connectivity index (χ1n) is 10.6. The first-order valence-corrected chi connectivity index (χ1v) is 11.0. The summed E-state index contributed by atoms with van der Waals surface area (Å²) in [5.74, 6) is 0.965. The average molecular weight is 429 g/mol. The molecule has 1 heterocycles. The molecule has 2 aliphatic rings. The summed E-state index contributed by atoms with van der Waals surface area (Å²) < 4.78 is 6.33. The minimum atomic E-state index is -0.316. The van der Waals surface area contributed by atoms with Crippen molar-refractivity contribution < 1.29 is 9.53 Å². The lowest BCUT2D eigenvalue weighted by molar-refractivity contribution is -0.116. The second kappa shape index (κ2) is 8.16. The molecular formula is C26H24N2O2S. The summed E-state index contributed by atoms with van der Waals surface area (Å²) in [6.45, 7) is 0.461. The van der Waals surface area contributed by atoms with Crippen LogP contribution >= 0.6 is 12.2 Å². The van der Waals surface area contributed by atoms with E-state index < -0.39 is 0 Å². The summed E-state index contributed by atoms with van der Waals surface area (Å²) in [5.41, 5.74) is 3.93. The van der Waals surface area contributed by atoms with Gasteiger partial charge in [0.1, 0.15) is 12.4 Å². The largest absolute Gasteiger partial charge is 0.489 e. The first kappa shape index (κ1) is 19.8. The third-order valence-electron chi connectivity index (χ3n) is 6.15. The fourth-order valence-electron chi connectivity index (χ4n) is 4.59. The number of hydrogen-bond acceptors (Lipinski definition) is 3. The number of benzene rings is 3. The molecular weight excluding hydrogens is 404 g/mol. The van der Waals surface area contributed by atoms with Gasteiger partial charge in [0.05, 0.1) is 6.04 Å². The van der Waals surface area contributed by atoms with Crippen molar-refractivity contribution in [3.05, 3.63) is 89.1 Å². The molecule has 0 saturated carbocycles. The third-order valence-corrected chi connectivity index (χ3v) is 6.54. The van der Waals surface area contributed by atoms with Crippen LogP contribution in [0.5, 0.6) is 5.75 Å². The van der Waals surface area contributed by atoms with Crippen LogP contribution in [0, 0.1) is 0 Å². The number of thiocarbonyl (C=S) groups is 1. The lowest BCUT2D eigenvalue weighted by atomic mass is 9.83. The predicted octanol–water partition coefficient (Wildman–Crippen LogP) is 5.29. The highest BCUT2D eigenvalue weighted by molar-refractivity contribution is 7.80. The molecule has 4 nitrogen and oxygen atoms in total. The number of carbonyl (C=O) groups is 1. The second-order valence-electron chi connectivity index (χ2n) is 8.05. The molecule has 1 aliphatic heterocycles. The molecule has 3 aromatic carbocycles. The van der Waals surface area contributed by atoms with E-state index in [9.17, 15) is 4.79 Å². The number of hydrogen-bond donors (Lipinski definition) is 1. The maximum atomic E-state index is 13.1. The van der Waals surface area contributed by atoms with Gasteiger partial charge in [-0.15, -0.1) is 0 Å². The summed E-state index contributed by atoms with van der Waals surface area (Å²) in [7, 11) is 1.94. The van der Waals surface area contributed by atoms with Crippen molar-refractivity contribution in [1.82, 2.24) is 10.2 Å². The van der Waals surface area contributed by atoms with E-state index in [4.69, 9.17) is 17.0 Å². The van der Waals surface area contributed by atoms with Crippen molar-refractivity contribution in [1.29, 1.82) is 0 Å². The van der Waals surface area contributed by atoms with Gasteiger partial charge in [0.25, 0.3) is 0 Å². The van der Waals surface area contributed by atoms with Crippen molar-refractivity contribution >= 4 is 33.9 Å². The number of ketones is 1. The van der Waals surface area contributed by atoms with E-state index in [1.54, 1.807) is 0 Å². The van der Waals surface area contributed by atoms with Gasteiger partial charge >= 0.3 is 0 Å².